The Hall–Kier alpha value is -1.54. The van der Waals surface area contributed by atoms with E-state index in [9.17, 15) is 18.9 Å². The van der Waals surface area contributed by atoms with Gasteiger partial charge in [0, 0.05) is 25.2 Å². The number of hydrogen-bond acceptors (Lipinski definition) is 5. The van der Waals surface area contributed by atoms with Crippen molar-refractivity contribution < 1.29 is 18.4 Å². The third-order valence-corrected chi connectivity index (χ3v) is 3.17. The molecule has 0 radical (unpaired) electrons. The highest BCUT2D eigenvalue weighted by Gasteiger charge is 2.31. The lowest BCUT2D eigenvalue weighted by atomic mass is 10.1. The van der Waals surface area contributed by atoms with Crippen molar-refractivity contribution in [2.24, 2.45) is 0 Å². The molecule has 1 aliphatic rings. The number of nitrogens with zero attached hydrogens (tertiary/aromatic N) is 3. The molecular weight excluding hydrogens is 296 g/mol. The van der Waals surface area contributed by atoms with Crippen LogP contribution in [0.1, 0.15) is 6.42 Å². The zero-order valence-electron chi connectivity index (χ0n) is 10.3. The average molecular weight is 308 g/mol. The van der Waals surface area contributed by atoms with Gasteiger partial charge in [0.15, 0.2) is 0 Å². The van der Waals surface area contributed by atoms with E-state index in [2.05, 4.69) is 4.98 Å². The summed E-state index contributed by atoms with van der Waals surface area (Å²) in [5.74, 6) is 0.0494. The van der Waals surface area contributed by atoms with Gasteiger partial charge >= 0.3 is 5.69 Å². The summed E-state index contributed by atoms with van der Waals surface area (Å²) < 4.78 is 30.3. The van der Waals surface area contributed by atoms with Crippen LogP contribution in [0.2, 0.25) is 5.02 Å². The van der Waals surface area contributed by atoms with Crippen LogP contribution in [0.25, 0.3) is 0 Å². The Morgan fingerprint density at radius 3 is 3.05 bits per heavy atom. The van der Waals surface area contributed by atoms with Crippen LogP contribution in [-0.4, -0.2) is 42.1 Å². The number of nitro groups is 1. The van der Waals surface area contributed by atoms with Crippen molar-refractivity contribution in [1.82, 2.24) is 4.98 Å². The fourth-order valence-corrected chi connectivity index (χ4v) is 2.26. The van der Waals surface area contributed by atoms with E-state index in [-0.39, 0.29) is 29.7 Å². The molecule has 0 N–H and O–H groups in total. The molecule has 0 bridgehead atoms. The predicted octanol–water partition coefficient (Wildman–Crippen LogP) is 2.50. The van der Waals surface area contributed by atoms with E-state index in [0.717, 1.165) is 0 Å². The van der Waals surface area contributed by atoms with Crippen LogP contribution in [0.5, 0.6) is 0 Å². The van der Waals surface area contributed by atoms with Crippen molar-refractivity contribution in [3.8, 4) is 0 Å². The molecule has 1 aromatic rings. The molecule has 9 heteroatoms. The van der Waals surface area contributed by atoms with Crippen LogP contribution in [0.3, 0.4) is 0 Å². The highest BCUT2D eigenvalue weighted by atomic mass is 35.5. The Balaban J connectivity index is 2.34. The highest BCUT2D eigenvalue weighted by molar-refractivity contribution is 6.30. The SMILES string of the molecule is O=[N+]([O-])c1cc(Cl)cnc1N1CCOC[C@@H]1CC(F)F. The number of rotatable bonds is 4. The second kappa shape index (κ2) is 6.27. The summed E-state index contributed by atoms with van der Waals surface area (Å²) >= 11 is 5.69. The first-order valence-electron chi connectivity index (χ1n) is 5.91. The lowest BCUT2D eigenvalue weighted by molar-refractivity contribution is -0.384. The van der Waals surface area contributed by atoms with E-state index in [0.29, 0.717) is 6.61 Å². The number of morpholine rings is 1. The number of halogens is 3. The van der Waals surface area contributed by atoms with Gasteiger partial charge in [-0.25, -0.2) is 13.8 Å². The Morgan fingerprint density at radius 1 is 1.65 bits per heavy atom. The first kappa shape index (κ1) is 14.9. The minimum Gasteiger partial charge on any atom is -0.377 e. The second-order valence-electron chi connectivity index (χ2n) is 4.30. The third-order valence-electron chi connectivity index (χ3n) is 2.96. The van der Waals surface area contributed by atoms with Crippen molar-refractivity contribution in [2.75, 3.05) is 24.7 Å². The van der Waals surface area contributed by atoms with E-state index >= 15 is 0 Å². The third kappa shape index (κ3) is 3.31. The van der Waals surface area contributed by atoms with Crippen LogP contribution >= 0.6 is 11.6 Å². The number of hydrogen-bond donors (Lipinski definition) is 0. The minimum atomic E-state index is -2.52. The van der Waals surface area contributed by atoms with E-state index in [1.54, 1.807) is 0 Å². The molecule has 0 aromatic carbocycles. The lowest BCUT2D eigenvalue weighted by Crippen LogP contribution is -2.47. The summed E-state index contributed by atoms with van der Waals surface area (Å²) in [7, 11) is 0. The van der Waals surface area contributed by atoms with Gasteiger partial charge in [0.1, 0.15) is 0 Å². The smallest absolute Gasteiger partial charge is 0.313 e. The van der Waals surface area contributed by atoms with Gasteiger partial charge in [0.25, 0.3) is 0 Å². The van der Waals surface area contributed by atoms with Crippen LogP contribution < -0.4 is 4.90 Å². The topological polar surface area (TPSA) is 68.5 Å². The molecule has 0 unspecified atom stereocenters. The van der Waals surface area contributed by atoms with Gasteiger partial charge in [-0.3, -0.25) is 10.1 Å². The minimum absolute atomic E-state index is 0.0494. The highest BCUT2D eigenvalue weighted by Crippen LogP contribution is 2.31. The quantitative estimate of drug-likeness (QED) is 0.631. The average Bonchev–Trinajstić information content (AvgIpc) is 2.39. The summed E-state index contributed by atoms with van der Waals surface area (Å²) in [6, 6.07) is 0.523. The molecule has 6 nitrogen and oxygen atoms in total. The summed E-state index contributed by atoms with van der Waals surface area (Å²) in [5, 5.41) is 11.2. The number of pyridine rings is 1. The van der Waals surface area contributed by atoms with Gasteiger partial charge in [-0.2, -0.15) is 0 Å². The number of ether oxygens (including phenoxy) is 1. The molecule has 1 saturated heterocycles. The first-order chi connectivity index (χ1) is 9.49. The maximum atomic E-state index is 12.6. The normalized spacial score (nSPS) is 19.4. The molecule has 110 valence electrons. The standard InChI is InChI=1S/C11H12ClF2N3O3/c12-7-3-9(17(18)19)11(15-5-7)16-1-2-20-6-8(16)4-10(13)14/h3,5,8,10H,1-2,4,6H2/t8-/m0/s1. The molecule has 2 heterocycles. The van der Waals surface area contributed by atoms with Crippen molar-refractivity contribution in [1.29, 1.82) is 0 Å². The fourth-order valence-electron chi connectivity index (χ4n) is 2.11. The van der Waals surface area contributed by atoms with Gasteiger partial charge in [-0.05, 0) is 0 Å². The summed E-state index contributed by atoms with van der Waals surface area (Å²) in [6.07, 6.45) is -1.68. The van der Waals surface area contributed by atoms with Crippen molar-refractivity contribution in [2.45, 2.75) is 18.9 Å². The zero-order valence-corrected chi connectivity index (χ0v) is 11.1. The van der Waals surface area contributed by atoms with Gasteiger partial charge in [-0.1, -0.05) is 11.6 Å². The van der Waals surface area contributed by atoms with Gasteiger partial charge in [-0.15, -0.1) is 0 Å². The Morgan fingerprint density at radius 2 is 2.40 bits per heavy atom. The van der Waals surface area contributed by atoms with Gasteiger partial charge < -0.3 is 9.64 Å². The van der Waals surface area contributed by atoms with Crippen LogP contribution in [0, 0.1) is 10.1 Å². The monoisotopic (exact) mass is 307 g/mol. The molecule has 1 atom stereocenters. The molecule has 1 aromatic heterocycles. The number of anilines is 1. The molecule has 0 amide bonds. The van der Waals surface area contributed by atoms with Crippen molar-refractivity contribution in [3.05, 3.63) is 27.4 Å². The largest absolute Gasteiger partial charge is 0.377 e. The first-order valence-corrected chi connectivity index (χ1v) is 6.29. The van der Waals surface area contributed by atoms with Crippen molar-refractivity contribution >= 4 is 23.1 Å². The molecule has 1 fully saturated rings. The Kier molecular flexibility index (Phi) is 4.66. The lowest BCUT2D eigenvalue weighted by Gasteiger charge is -2.35. The predicted molar refractivity (Wildman–Crippen MR) is 68.5 cm³/mol. The maximum absolute atomic E-state index is 12.6. The fraction of sp³-hybridized carbons (Fsp3) is 0.545. The van der Waals surface area contributed by atoms with Gasteiger partial charge in [0.05, 0.1) is 29.2 Å². The molecule has 20 heavy (non-hydrogen) atoms. The van der Waals surface area contributed by atoms with E-state index in [1.165, 1.54) is 17.2 Å². The number of alkyl halides is 2. The number of aromatic nitrogens is 1. The zero-order chi connectivity index (χ0) is 14.7. The maximum Gasteiger partial charge on any atom is 0.313 e. The van der Waals surface area contributed by atoms with Crippen molar-refractivity contribution in [3.63, 3.8) is 0 Å². The molecule has 0 saturated carbocycles. The van der Waals surface area contributed by atoms with Crippen LogP contribution in [0.15, 0.2) is 12.3 Å². The summed E-state index contributed by atoms with van der Waals surface area (Å²) in [6.45, 7) is 0.667. The van der Waals surface area contributed by atoms with Crippen LogP contribution in [-0.2, 0) is 4.74 Å². The van der Waals surface area contributed by atoms with E-state index in [1.807, 2.05) is 0 Å². The molecule has 2 rings (SSSR count). The summed E-state index contributed by atoms with van der Waals surface area (Å²) in [5.41, 5.74) is -0.293. The summed E-state index contributed by atoms with van der Waals surface area (Å²) in [4.78, 5) is 15.8. The van der Waals surface area contributed by atoms with E-state index < -0.39 is 23.8 Å². The Bertz CT molecular complexity index is 504. The molecule has 1 aliphatic heterocycles. The molecule has 0 aliphatic carbocycles. The van der Waals surface area contributed by atoms with E-state index in [4.69, 9.17) is 16.3 Å². The molecule has 0 spiro atoms. The Labute approximate surface area is 118 Å². The van der Waals surface area contributed by atoms with Gasteiger partial charge in [0.2, 0.25) is 12.2 Å². The molecular formula is C11H12ClF2N3O3. The second-order valence-corrected chi connectivity index (χ2v) is 4.74. The van der Waals surface area contributed by atoms with Crippen LogP contribution in [0.4, 0.5) is 20.3 Å².